The zero-order chi connectivity index (χ0) is 8.10. The Bertz CT molecular complexity index is 121. The summed E-state index contributed by atoms with van der Waals surface area (Å²) in [5, 5.41) is 2.83. The Hall–Kier alpha value is -0.480. The molecule has 0 aromatic carbocycles. The van der Waals surface area contributed by atoms with Crippen molar-refractivity contribution in [1.29, 1.82) is 0 Å². The second-order valence-electron chi connectivity index (χ2n) is 3.03. The van der Waals surface area contributed by atoms with Crippen molar-refractivity contribution in [3.05, 3.63) is 4.91 Å². The maximum absolute atomic E-state index is 9.81. The van der Waals surface area contributed by atoms with Gasteiger partial charge in [0, 0.05) is 12.6 Å². The van der Waals surface area contributed by atoms with E-state index in [-0.39, 0.29) is 0 Å². The molecule has 1 heterocycles. The fraction of sp³-hybridized carbons (Fsp3) is 1.00. The molecule has 0 saturated carbocycles. The zero-order valence-corrected chi connectivity index (χ0v) is 6.70. The third kappa shape index (κ3) is 2.95. The van der Waals surface area contributed by atoms with Crippen LogP contribution in [0.1, 0.15) is 12.8 Å². The van der Waals surface area contributed by atoms with Gasteiger partial charge in [-0.25, -0.2) is 0 Å². The number of hydrogen-bond acceptors (Lipinski definition) is 4. The average Bonchev–Trinajstić information content (AvgIpc) is 2.04. The Morgan fingerprint density at radius 1 is 1.45 bits per heavy atom. The number of nitrogens with two attached hydrogens (primary N) is 1. The van der Waals surface area contributed by atoms with E-state index in [4.69, 9.17) is 5.73 Å². The minimum Gasteiger partial charge on any atom is -0.328 e. The van der Waals surface area contributed by atoms with Gasteiger partial charge in [0.05, 0.1) is 6.54 Å². The molecule has 0 aliphatic carbocycles. The van der Waals surface area contributed by atoms with Crippen molar-refractivity contribution < 1.29 is 0 Å². The van der Waals surface area contributed by atoms with Gasteiger partial charge in [-0.2, -0.15) is 4.91 Å². The lowest BCUT2D eigenvalue weighted by Crippen LogP contribution is -2.40. The monoisotopic (exact) mass is 157 g/mol. The Balaban J connectivity index is 2.12. The number of nitrogens with zero attached hydrogens (tertiary/aromatic N) is 2. The molecule has 0 spiro atoms. The molecule has 0 bridgehead atoms. The molecule has 4 nitrogen and oxygen atoms in total. The SMILES string of the molecule is NC1CCN(CCN=O)CC1. The molecule has 1 aliphatic rings. The van der Waals surface area contributed by atoms with Gasteiger partial charge in [-0.15, -0.1) is 0 Å². The van der Waals surface area contributed by atoms with Gasteiger partial charge >= 0.3 is 0 Å². The fourth-order valence-corrected chi connectivity index (χ4v) is 1.36. The van der Waals surface area contributed by atoms with Crippen LogP contribution in [0.5, 0.6) is 0 Å². The third-order valence-electron chi connectivity index (χ3n) is 2.14. The summed E-state index contributed by atoms with van der Waals surface area (Å²) in [5.74, 6) is 0. The van der Waals surface area contributed by atoms with Crippen LogP contribution in [0.4, 0.5) is 0 Å². The molecule has 0 aromatic heterocycles. The van der Waals surface area contributed by atoms with Gasteiger partial charge in [0.25, 0.3) is 0 Å². The quantitative estimate of drug-likeness (QED) is 0.594. The van der Waals surface area contributed by atoms with Crippen LogP contribution < -0.4 is 5.73 Å². The van der Waals surface area contributed by atoms with Crippen molar-refractivity contribution in [2.45, 2.75) is 18.9 Å². The van der Waals surface area contributed by atoms with Crippen LogP contribution in [0.25, 0.3) is 0 Å². The molecule has 0 radical (unpaired) electrons. The topological polar surface area (TPSA) is 58.7 Å². The molecule has 0 unspecified atom stereocenters. The van der Waals surface area contributed by atoms with E-state index in [9.17, 15) is 4.91 Å². The standard InChI is InChI=1S/C7H15N3O/c8-7-1-4-10(5-2-7)6-3-9-11/h7H,1-6,8H2. The molecule has 0 atom stereocenters. The van der Waals surface area contributed by atoms with E-state index in [1.54, 1.807) is 0 Å². The van der Waals surface area contributed by atoms with Crippen molar-refractivity contribution >= 4 is 0 Å². The lowest BCUT2D eigenvalue weighted by atomic mass is 10.1. The van der Waals surface area contributed by atoms with Crippen molar-refractivity contribution in [2.24, 2.45) is 10.9 Å². The number of hydrogen-bond donors (Lipinski definition) is 1. The van der Waals surface area contributed by atoms with Crippen LogP contribution in [0, 0.1) is 4.91 Å². The Kier molecular flexibility index (Phi) is 3.45. The van der Waals surface area contributed by atoms with Gasteiger partial charge in [-0.3, -0.25) is 0 Å². The first-order valence-electron chi connectivity index (χ1n) is 4.10. The predicted octanol–water partition coefficient (Wildman–Crippen LogP) is 0.176. The maximum atomic E-state index is 9.81. The Labute approximate surface area is 66.7 Å². The summed E-state index contributed by atoms with van der Waals surface area (Å²) in [6.45, 7) is 3.26. The second-order valence-corrected chi connectivity index (χ2v) is 3.03. The third-order valence-corrected chi connectivity index (χ3v) is 2.14. The number of piperidine rings is 1. The van der Waals surface area contributed by atoms with Crippen molar-refractivity contribution in [1.82, 2.24) is 4.90 Å². The van der Waals surface area contributed by atoms with Crippen LogP contribution in [0.2, 0.25) is 0 Å². The first-order chi connectivity index (χ1) is 5.33. The van der Waals surface area contributed by atoms with Crippen LogP contribution >= 0.6 is 0 Å². The van der Waals surface area contributed by atoms with Crippen LogP contribution in [-0.2, 0) is 0 Å². The van der Waals surface area contributed by atoms with E-state index < -0.39 is 0 Å². The molecule has 4 heteroatoms. The van der Waals surface area contributed by atoms with E-state index in [1.165, 1.54) is 0 Å². The highest BCUT2D eigenvalue weighted by molar-refractivity contribution is 4.74. The first kappa shape index (κ1) is 8.62. The summed E-state index contributed by atoms with van der Waals surface area (Å²) < 4.78 is 0. The van der Waals surface area contributed by atoms with Crippen LogP contribution in [-0.4, -0.2) is 37.1 Å². The van der Waals surface area contributed by atoms with Crippen molar-refractivity contribution in [3.63, 3.8) is 0 Å². The van der Waals surface area contributed by atoms with Crippen LogP contribution in [0.3, 0.4) is 0 Å². The lowest BCUT2D eigenvalue weighted by Gasteiger charge is -2.28. The zero-order valence-electron chi connectivity index (χ0n) is 6.70. The van der Waals surface area contributed by atoms with Gasteiger partial charge < -0.3 is 10.6 Å². The van der Waals surface area contributed by atoms with Crippen molar-refractivity contribution in [3.8, 4) is 0 Å². The number of likely N-dealkylation sites (tertiary alicyclic amines) is 1. The molecule has 1 rings (SSSR count). The van der Waals surface area contributed by atoms with Gasteiger partial charge in [-0.1, -0.05) is 5.18 Å². The molecule has 1 saturated heterocycles. The second kappa shape index (κ2) is 4.41. The largest absolute Gasteiger partial charge is 0.328 e. The minimum absolute atomic E-state index is 0.371. The Morgan fingerprint density at radius 3 is 2.64 bits per heavy atom. The van der Waals surface area contributed by atoms with Crippen LogP contribution in [0.15, 0.2) is 5.18 Å². The number of rotatable bonds is 3. The molecule has 2 N–H and O–H groups in total. The molecule has 0 aromatic rings. The molecule has 11 heavy (non-hydrogen) atoms. The number of nitroso groups, excluding NO2 is 1. The molecule has 64 valence electrons. The first-order valence-corrected chi connectivity index (χ1v) is 4.10. The molecule has 0 amide bonds. The highest BCUT2D eigenvalue weighted by Crippen LogP contribution is 2.06. The smallest absolute Gasteiger partial charge is 0.0938 e. The van der Waals surface area contributed by atoms with Gasteiger partial charge in [0.15, 0.2) is 0 Å². The highest BCUT2D eigenvalue weighted by atomic mass is 16.3. The summed E-state index contributed by atoms with van der Waals surface area (Å²) >= 11 is 0. The summed E-state index contributed by atoms with van der Waals surface area (Å²) in [6, 6.07) is 0.371. The highest BCUT2D eigenvalue weighted by Gasteiger charge is 2.14. The summed E-state index contributed by atoms with van der Waals surface area (Å²) in [4.78, 5) is 12.1. The molecule has 1 aliphatic heterocycles. The Morgan fingerprint density at radius 2 is 2.09 bits per heavy atom. The van der Waals surface area contributed by atoms with E-state index in [0.29, 0.717) is 12.6 Å². The normalized spacial score (nSPS) is 21.9. The molecular weight excluding hydrogens is 142 g/mol. The summed E-state index contributed by atoms with van der Waals surface area (Å²) in [7, 11) is 0. The van der Waals surface area contributed by atoms with E-state index in [2.05, 4.69) is 10.1 Å². The maximum Gasteiger partial charge on any atom is 0.0938 e. The molecule has 1 fully saturated rings. The predicted molar refractivity (Wildman–Crippen MR) is 44.3 cm³/mol. The van der Waals surface area contributed by atoms with E-state index in [1.807, 2.05) is 0 Å². The van der Waals surface area contributed by atoms with Gasteiger partial charge in [0.1, 0.15) is 0 Å². The average molecular weight is 157 g/mol. The summed E-state index contributed by atoms with van der Waals surface area (Å²) in [5.41, 5.74) is 5.71. The van der Waals surface area contributed by atoms with E-state index in [0.717, 1.165) is 32.5 Å². The van der Waals surface area contributed by atoms with Gasteiger partial charge in [-0.05, 0) is 25.9 Å². The molecular formula is C7H15N3O. The van der Waals surface area contributed by atoms with E-state index >= 15 is 0 Å². The summed E-state index contributed by atoms with van der Waals surface area (Å²) in [6.07, 6.45) is 2.11. The fourth-order valence-electron chi connectivity index (χ4n) is 1.36. The lowest BCUT2D eigenvalue weighted by molar-refractivity contribution is 0.219. The van der Waals surface area contributed by atoms with Gasteiger partial charge in [0.2, 0.25) is 0 Å². The van der Waals surface area contributed by atoms with Crippen molar-refractivity contribution in [2.75, 3.05) is 26.2 Å². The minimum atomic E-state index is 0.371.